The molecule has 1 fully saturated rings. The van der Waals surface area contributed by atoms with Crippen LogP contribution in [-0.4, -0.2) is 14.8 Å². The zero-order valence-electron chi connectivity index (χ0n) is 10.0. The zero-order valence-corrected chi connectivity index (χ0v) is 10.0. The molecule has 3 nitrogen and oxygen atoms in total. The van der Waals surface area contributed by atoms with Crippen LogP contribution in [-0.2, 0) is 12.8 Å². The summed E-state index contributed by atoms with van der Waals surface area (Å²) in [6.07, 6.45) is 11.4. The first kappa shape index (κ1) is 10.8. The Kier molecular flexibility index (Phi) is 2.61. The standard InChI is InChI=1S/C14H19NO2/c16-13-11-8-4-5-9-12(11)14(17)15(13)10-6-2-1-3-7-10/h4-5,10,16-17H,1-3,6-9H2. The molecule has 2 N–H and O–H groups in total. The predicted octanol–water partition coefficient (Wildman–Crippen LogP) is 3.06. The highest BCUT2D eigenvalue weighted by atomic mass is 16.3. The molecular weight excluding hydrogens is 214 g/mol. The topological polar surface area (TPSA) is 45.4 Å². The molecule has 0 amide bonds. The fourth-order valence-electron chi connectivity index (χ4n) is 3.18. The quantitative estimate of drug-likeness (QED) is 0.732. The first-order valence-electron chi connectivity index (χ1n) is 6.58. The molecule has 0 unspecified atom stereocenters. The highest BCUT2D eigenvalue weighted by Crippen LogP contribution is 2.42. The molecule has 0 aliphatic heterocycles. The van der Waals surface area contributed by atoms with E-state index < -0.39 is 0 Å². The van der Waals surface area contributed by atoms with Crippen molar-refractivity contribution in [2.24, 2.45) is 0 Å². The van der Waals surface area contributed by atoms with Gasteiger partial charge in [-0.05, 0) is 25.7 Å². The molecular formula is C14H19NO2. The van der Waals surface area contributed by atoms with Crippen molar-refractivity contribution in [1.82, 2.24) is 4.57 Å². The van der Waals surface area contributed by atoms with E-state index >= 15 is 0 Å². The molecule has 0 spiro atoms. The van der Waals surface area contributed by atoms with E-state index in [0.717, 1.165) is 36.8 Å². The Labute approximate surface area is 101 Å². The van der Waals surface area contributed by atoms with Crippen molar-refractivity contribution < 1.29 is 10.2 Å². The van der Waals surface area contributed by atoms with Gasteiger partial charge in [0.2, 0.25) is 0 Å². The molecule has 0 atom stereocenters. The van der Waals surface area contributed by atoms with E-state index in [1.54, 1.807) is 4.57 Å². The van der Waals surface area contributed by atoms with Crippen LogP contribution in [0.1, 0.15) is 49.3 Å². The summed E-state index contributed by atoms with van der Waals surface area (Å²) >= 11 is 0. The number of hydrogen-bond acceptors (Lipinski definition) is 2. The van der Waals surface area contributed by atoms with Gasteiger partial charge in [0.1, 0.15) is 0 Å². The molecule has 2 aliphatic carbocycles. The Bertz CT molecular complexity index is 422. The molecule has 1 heterocycles. The van der Waals surface area contributed by atoms with Gasteiger partial charge in [-0.3, -0.25) is 4.57 Å². The molecule has 0 radical (unpaired) electrons. The van der Waals surface area contributed by atoms with Crippen molar-refractivity contribution in [1.29, 1.82) is 0 Å². The minimum atomic E-state index is 0.286. The SMILES string of the molecule is Oc1c2c(c(O)n1C1CCCCC1)CC=CC2. The maximum Gasteiger partial charge on any atom is 0.198 e. The molecule has 3 heteroatoms. The van der Waals surface area contributed by atoms with Gasteiger partial charge in [0.25, 0.3) is 0 Å². The van der Waals surface area contributed by atoms with Crippen molar-refractivity contribution in [2.75, 3.05) is 0 Å². The number of fused-ring (bicyclic) bond motifs is 1. The Morgan fingerprint density at radius 1 is 0.882 bits per heavy atom. The normalized spacial score (nSPS) is 20.5. The van der Waals surface area contributed by atoms with Gasteiger partial charge < -0.3 is 10.2 Å². The number of hydrogen-bond donors (Lipinski definition) is 2. The van der Waals surface area contributed by atoms with Gasteiger partial charge in [-0.1, -0.05) is 31.4 Å². The van der Waals surface area contributed by atoms with Gasteiger partial charge >= 0.3 is 0 Å². The van der Waals surface area contributed by atoms with Crippen LogP contribution in [0.5, 0.6) is 11.8 Å². The first-order valence-corrected chi connectivity index (χ1v) is 6.58. The zero-order chi connectivity index (χ0) is 11.8. The molecule has 2 aliphatic rings. The Hall–Kier alpha value is -1.38. The van der Waals surface area contributed by atoms with E-state index in [1.807, 2.05) is 0 Å². The number of aromatic nitrogens is 1. The monoisotopic (exact) mass is 233 g/mol. The Balaban J connectivity index is 2.01. The number of rotatable bonds is 1. The fourth-order valence-corrected chi connectivity index (χ4v) is 3.18. The van der Waals surface area contributed by atoms with Crippen LogP contribution in [0.2, 0.25) is 0 Å². The van der Waals surface area contributed by atoms with Gasteiger partial charge in [-0.25, -0.2) is 0 Å². The molecule has 1 saturated carbocycles. The van der Waals surface area contributed by atoms with Gasteiger partial charge in [-0.15, -0.1) is 0 Å². The van der Waals surface area contributed by atoms with E-state index in [9.17, 15) is 10.2 Å². The largest absolute Gasteiger partial charge is 0.494 e. The summed E-state index contributed by atoms with van der Waals surface area (Å²) in [6.45, 7) is 0. The number of nitrogens with zero attached hydrogens (tertiary/aromatic N) is 1. The Morgan fingerprint density at radius 3 is 1.94 bits per heavy atom. The summed E-state index contributed by atoms with van der Waals surface area (Å²) in [6, 6.07) is 0.286. The van der Waals surface area contributed by atoms with E-state index in [4.69, 9.17) is 0 Å². The second-order valence-corrected chi connectivity index (χ2v) is 5.15. The summed E-state index contributed by atoms with van der Waals surface area (Å²) in [5.41, 5.74) is 1.85. The van der Waals surface area contributed by atoms with Crippen molar-refractivity contribution in [2.45, 2.75) is 51.0 Å². The minimum Gasteiger partial charge on any atom is -0.494 e. The average molecular weight is 233 g/mol. The minimum absolute atomic E-state index is 0.286. The van der Waals surface area contributed by atoms with E-state index in [0.29, 0.717) is 11.8 Å². The third-order valence-corrected chi connectivity index (χ3v) is 4.11. The van der Waals surface area contributed by atoms with Crippen molar-refractivity contribution >= 4 is 0 Å². The molecule has 1 aromatic rings. The lowest BCUT2D eigenvalue weighted by Gasteiger charge is -2.24. The van der Waals surface area contributed by atoms with Crippen LogP contribution >= 0.6 is 0 Å². The van der Waals surface area contributed by atoms with Crippen molar-refractivity contribution in [3.05, 3.63) is 23.3 Å². The van der Waals surface area contributed by atoms with E-state index in [1.165, 1.54) is 19.3 Å². The second kappa shape index (κ2) is 4.13. The molecule has 0 aromatic carbocycles. The van der Waals surface area contributed by atoms with Crippen molar-refractivity contribution in [3.8, 4) is 11.8 Å². The third kappa shape index (κ3) is 1.65. The van der Waals surface area contributed by atoms with Crippen LogP contribution in [0.4, 0.5) is 0 Å². The maximum atomic E-state index is 10.3. The van der Waals surface area contributed by atoms with E-state index in [2.05, 4.69) is 12.2 Å². The van der Waals surface area contributed by atoms with Gasteiger partial charge in [0.15, 0.2) is 11.8 Å². The molecule has 1 aromatic heterocycles. The smallest absolute Gasteiger partial charge is 0.198 e. The summed E-state index contributed by atoms with van der Waals surface area (Å²) in [5, 5.41) is 20.6. The van der Waals surface area contributed by atoms with Gasteiger partial charge in [0.05, 0.1) is 0 Å². The van der Waals surface area contributed by atoms with Crippen LogP contribution < -0.4 is 0 Å². The van der Waals surface area contributed by atoms with Crippen LogP contribution in [0.15, 0.2) is 12.2 Å². The summed E-state index contributed by atoms with van der Waals surface area (Å²) in [5.74, 6) is 0.600. The molecule has 17 heavy (non-hydrogen) atoms. The molecule has 3 rings (SSSR count). The third-order valence-electron chi connectivity index (χ3n) is 4.11. The first-order chi connectivity index (χ1) is 8.29. The van der Waals surface area contributed by atoms with Crippen LogP contribution in [0, 0.1) is 0 Å². The second-order valence-electron chi connectivity index (χ2n) is 5.15. The lowest BCUT2D eigenvalue weighted by molar-refractivity contribution is 0.281. The molecule has 0 saturated heterocycles. The predicted molar refractivity (Wildman–Crippen MR) is 66.4 cm³/mol. The van der Waals surface area contributed by atoms with Gasteiger partial charge in [-0.2, -0.15) is 0 Å². The number of aromatic hydroxyl groups is 2. The Morgan fingerprint density at radius 2 is 1.41 bits per heavy atom. The van der Waals surface area contributed by atoms with Gasteiger partial charge in [0, 0.05) is 17.2 Å². The maximum absolute atomic E-state index is 10.3. The average Bonchev–Trinajstić information content (AvgIpc) is 2.64. The number of allylic oxidation sites excluding steroid dienone is 2. The van der Waals surface area contributed by atoms with Crippen LogP contribution in [0.3, 0.4) is 0 Å². The van der Waals surface area contributed by atoms with Crippen molar-refractivity contribution in [3.63, 3.8) is 0 Å². The molecule has 0 bridgehead atoms. The fraction of sp³-hybridized carbons (Fsp3) is 0.571. The summed E-state index contributed by atoms with van der Waals surface area (Å²) in [7, 11) is 0. The molecule has 92 valence electrons. The van der Waals surface area contributed by atoms with Crippen LogP contribution in [0.25, 0.3) is 0 Å². The summed E-state index contributed by atoms with van der Waals surface area (Å²) in [4.78, 5) is 0. The summed E-state index contributed by atoms with van der Waals surface area (Å²) < 4.78 is 1.77. The highest BCUT2D eigenvalue weighted by molar-refractivity contribution is 5.49. The highest BCUT2D eigenvalue weighted by Gasteiger charge is 2.27. The van der Waals surface area contributed by atoms with E-state index in [-0.39, 0.29) is 6.04 Å². The lowest BCUT2D eigenvalue weighted by Crippen LogP contribution is -2.12. The lowest BCUT2D eigenvalue weighted by atomic mass is 9.95.